The van der Waals surface area contributed by atoms with Crippen LogP contribution in [0.4, 0.5) is 0 Å². The molecule has 1 aromatic carbocycles. The molecule has 0 saturated heterocycles. The molecule has 1 rings (SSSR count). The van der Waals surface area contributed by atoms with E-state index in [0.717, 1.165) is 0 Å². The van der Waals surface area contributed by atoms with Crippen molar-refractivity contribution in [2.24, 2.45) is 5.73 Å². The summed E-state index contributed by atoms with van der Waals surface area (Å²) in [6.07, 6.45) is 0. The van der Waals surface area contributed by atoms with Gasteiger partial charge in [0.25, 0.3) is 0 Å². The van der Waals surface area contributed by atoms with Gasteiger partial charge in [0, 0.05) is 6.54 Å². The van der Waals surface area contributed by atoms with Crippen LogP contribution in [0.3, 0.4) is 0 Å². The van der Waals surface area contributed by atoms with Gasteiger partial charge in [-0.2, -0.15) is 0 Å². The summed E-state index contributed by atoms with van der Waals surface area (Å²) >= 11 is 0. The standard InChI is InChI=1S/C7H10BN/c8-7-3-1-2-6(4-7)5-9/h1-4H,5,8-9H2. The molecule has 0 aliphatic carbocycles. The molecule has 0 atom stereocenters. The van der Waals surface area contributed by atoms with Crippen LogP contribution < -0.4 is 11.2 Å². The van der Waals surface area contributed by atoms with Crippen LogP contribution in [0.1, 0.15) is 5.56 Å². The molecule has 2 N–H and O–H groups in total. The molecule has 9 heavy (non-hydrogen) atoms. The molecule has 0 aliphatic rings. The minimum Gasteiger partial charge on any atom is -0.326 e. The summed E-state index contributed by atoms with van der Waals surface area (Å²) in [7, 11) is 2.07. The zero-order valence-corrected chi connectivity index (χ0v) is 5.59. The van der Waals surface area contributed by atoms with E-state index in [4.69, 9.17) is 5.73 Å². The highest BCUT2D eigenvalue weighted by molar-refractivity contribution is 6.32. The third-order valence-corrected chi connectivity index (χ3v) is 1.32. The van der Waals surface area contributed by atoms with Crippen LogP contribution in [0, 0.1) is 0 Å². The van der Waals surface area contributed by atoms with Crippen molar-refractivity contribution in [3.63, 3.8) is 0 Å². The van der Waals surface area contributed by atoms with Gasteiger partial charge in [-0.3, -0.25) is 0 Å². The largest absolute Gasteiger partial charge is 0.326 e. The van der Waals surface area contributed by atoms with Crippen LogP contribution in [0.25, 0.3) is 0 Å². The van der Waals surface area contributed by atoms with Gasteiger partial charge < -0.3 is 5.73 Å². The first-order valence-corrected chi connectivity index (χ1v) is 3.08. The third-order valence-electron chi connectivity index (χ3n) is 1.32. The van der Waals surface area contributed by atoms with Crippen molar-refractivity contribution in [1.82, 2.24) is 0 Å². The summed E-state index contributed by atoms with van der Waals surface area (Å²) < 4.78 is 0. The van der Waals surface area contributed by atoms with Gasteiger partial charge in [-0.25, -0.2) is 0 Å². The molecule has 0 spiro atoms. The molecule has 1 nitrogen and oxygen atoms in total. The highest BCUT2D eigenvalue weighted by Crippen LogP contribution is 1.91. The normalized spacial score (nSPS) is 9.44. The number of nitrogens with two attached hydrogens (primary N) is 1. The molecule has 0 amide bonds. The number of hydrogen-bond donors (Lipinski definition) is 1. The van der Waals surface area contributed by atoms with E-state index in [-0.39, 0.29) is 0 Å². The Morgan fingerprint density at radius 3 is 2.67 bits per heavy atom. The lowest BCUT2D eigenvalue weighted by molar-refractivity contribution is 1.07. The van der Waals surface area contributed by atoms with E-state index < -0.39 is 0 Å². The SMILES string of the molecule is Bc1cccc(CN)c1. The molecule has 0 fully saturated rings. The summed E-state index contributed by atoms with van der Waals surface area (Å²) in [4.78, 5) is 0. The Morgan fingerprint density at radius 2 is 2.22 bits per heavy atom. The summed E-state index contributed by atoms with van der Waals surface area (Å²) in [5.41, 5.74) is 7.90. The van der Waals surface area contributed by atoms with Crippen molar-refractivity contribution >= 4 is 13.3 Å². The maximum atomic E-state index is 5.42. The van der Waals surface area contributed by atoms with Crippen LogP contribution >= 0.6 is 0 Å². The number of rotatable bonds is 1. The smallest absolute Gasteiger partial charge is 0.139 e. The Bertz CT molecular complexity index is 198. The van der Waals surface area contributed by atoms with Crippen molar-refractivity contribution in [3.8, 4) is 0 Å². The van der Waals surface area contributed by atoms with Gasteiger partial charge in [-0.1, -0.05) is 29.7 Å². The van der Waals surface area contributed by atoms with Crippen molar-refractivity contribution in [2.75, 3.05) is 0 Å². The van der Waals surface area contributed by atoms with Gasteiger partial charge in [0.05, 0.1) is 0 Å². The number of benzene rings is 1. The van der Waals surface area contributed by atoms with Gasteiger partial charge >= 0.3 is 0 Å². The molecule has 0 unspecified atom stereocenters. The fourth-order valence-corrected chi connectivity index (χ4v) is 0.839. The second-order valence-electron chi connectivity index (χ2n) is 2.19. The highest BCUT2D eigenvalue weighted by Gasteiger charge is 1.86. The third kappa shape index (κ3) is 1.58. The molecular formula is C7H10BN. The van der Waals surface area contributed by atoms with Crippen LogP contribution in [0.15, 0.2) is 24.3 Å². The summed E-state index contributed by atoms with van der Waals surface area (Å²) in [6, 6.07) is 8.23. The van der Waals surface area contributed by atoms with Gasteiger partial charge in [0.15, 0.2) is 0 Å². The lowest BCUT2D eigenvalue weighted by Gasteiger charge is -1.95. The topological polar surface area (TPSA) is 26.0 Å². The van der Waals surface area contributed by atoms with Crippen molar-refractivity contribution in [3.05, 3.63) is 29.8 Å². The molecule has 46 valence electrons. The molecule has 0 bridgehead atoms. The lowest BCUT2D eigenvalue weighted by Crippen LogP contribution is -2.05. The van der Waals surface area contributed by atoms with Gasteiger partial charge in [-0.05, 0) is 5.56 Å². The van der Waals surface area contributed by atoms with Crippen molar-refractivity contribution in [2.45, 2.75) is 6.54 Å². The van der Waals surface area contributed by atoms with E-state index in [0.29, 0.717) is 6.54 Å². The minimum absolute atomic E-state index is 0.641. The maximum absolute atomic E-state index is 5.42. The molecule has 2 heteroatoms. The lowest BCUT2D eigenvalue weighted by atomic mass is 9.95. The monoisotopic (exact) mass is 119 g/mol. The van der Waals surface area contributed by atoms with Crippen molar-refractivity contribution < 1.29 is 0 Å². The zero-order chi connectivity index (χ0) is 6.69. The first-order valence-electron chi connectivity index (χ1n) is 3.08. The van der Waals surface area contributed by atoms with Gasteiger partial charge in [-0.15, -0.1) is 0 Å². The average molecular weight is 119 g/mol. The second kappa shape index (κ2) is 2.69. The second-order valence-corrected chi connectivity index (χ2v) is 2.19. The van der Waals surface area contributed by atoms with E-state index >= 15 is 0 Å². The summed E-state index contributed by atoms with van der Waals surface area (Å²) in [6.45, 7) is 0.641. The van der Waals surface area contributed by atoms with E-state index in [1.165, 1.54) is 11.0 Å². The van der Waals surface area contributed by atoms with Crippen LogP contribution in [-0.2, 0) is 6.54 Å². The van der Waals surface area contributed by atoms with Crippen LogP contribution in [0.5, 0.6) is 0 Å². The van der Waals surface area contributed by atoms with E-state index in [1.54, 1.807) is 0 Å². The summed E-state index contributed by atoms with van der Waals surface area (Å²) in [5.74, 6) is 0. The Balaban J connectivity index is 2.94. The Kier molecular flexibility index (Phi) is 1.90. The quantitative estimate of drug-likeness (QED) is 0.491. The molecule has 0 saturated carbocycles. The van der Waals surface area contributed by atoms with E-state index in [9.17, 15) is 0 Å². The van der Waals surface area contributed by atoms with E-state index in [1.807, 2.05) is 12.1 Å². The molecule has 0 aliphatic heterocycles. The number of hydrogen-bond acceptors (Lipinski definition) is 1. The molecular weight excluding hydrogens is 109 g/mol. The molecule has 0 radical (unpaired) electrons. The van der Waals surface area contributed by atoms with Gasteiger partial charge in [0.2, 0.25) is 0 Å². The zero-order valence-electron chi connectivity index (χ0n) is 5.59. The predicted octanol–water partition coefficient (Wildman–Crippen LogP) is -0.596. The fraction of sp³-hybridized carbons (Fsp3) is 0.143. The average Bonchev–Trinajstić information content (AvgIpc) is 1.88. The van der Waals surface area contributed by atoms with Crippen LogP contribution in [0.2, 0.25) is 0 Å². The van der Waals surface area contributed by atoms with Crippen molar-refractivity contribution in [1.29, 1.82) is 0 Å². The molecule has 0 heterocycles. The first kappa shape index (κ1) is 6.37. The summed E-state index contributed by atoms with van der Waals surface area (Å²) in [5, 5.41) is 0. The van der Waals surface area contributed by atoms with E-state index in [2.05, 4.69) is 20.0 Å². The van der Waals surface area contributed by atoms with Gasteiger partial charge in [0.1, 0.15) is 7.85 Å². The Hall–Kier alpha value is -0.755. The Morgan fingerprint density at radius 1 is 1.44 bits per heavy atom. The first-order chi connectivity index (χ1) is 4.33. The predicted molar refractivity (Wildman–Crippen MR) is 42.5 cm³/mol. The molecule has 0 aromatic heterocycles. The maximum Gasteiger partial charge on any atom is 0.139 e. The molecule has 1 aromatic rings. The van der Waals surface area contributed by atoms with Crippen LogP contribution in [-0.4, -0.2) is 7.85 Å². The highest BCUT2D eigenvalue weighted by atomic mass is 14.5. The minimum atomic E-state index is 0.641. The fourth-order valence-electron chi connectivity index (χ4n) is 0.839. The Labute approximate surface area is 56.3 Å².